The third kappa shape index (κ3) is 3.07. The molecule has 2 heterocycles. The third-order valence-corrected chi connectivity index (χ3v) is 9.59. The molecule has 0 radical (unpaired) electrons. The minimum absolute atomic E-state index is 0.0727. The highest BCUT2D eigenvalue weighted by Crippen LogP contribution is 2.76. The Morgan fingerprint density at radius 2 is 0.974 bits per heavy atom. The zero-order valence-electron chi connectivity index (χ0n) is 20.2. The van der Waals surface area contributed by atoms with Crippen LogP contribution in [0.4, 0.5) is 0 Å². The molecule has 0 bridgehead atoms. The van der Waals surface area contributed by atoms with Crippen molar-refractivity contribution in [2.75, 3.05) is 13.2 Å². The smallest absolute Gasteiger partial charge is 0.178 e. The monoisotopic (exact) mass is 628 g/mol. The fraction of sp³-hybridized carbons (Fsp3) is 0.188. The van der Waals surface area contributed by atoms with E-state index in [-0.39, 0.29) is 36.6 Å². The summed E-state index contributed by atoms with van der Waals surface area (Å²) >= 11 is 7.06. The standard InChI is InChI=1S/C32H22Br2O4/c33-21-11-13-25-23(15-21)29(35)31(17-37-25)27(19-7-3-1-4-8-19)28(20-9-5-2-6-10-20)32(31)18-38-26-14-12-22(34)16-24(26)30(32)36/h1-16,27-28H,17-18H2. The van der Waals surface area contributed by atoms with Crippen molar-refractivity contribution in [1.82, 2.24) is 0 Å². The van der Waals surface area contributed by atoms with Gasteiger partial charge in [-0.1, -0.05) is 92.5 Å². The molecule has 0 saturated heterocycles. The molecule has 0 aromatic heterocycles. The summed E-state index contributed by atoms with van der Waals surface area (Å²) in [7, 11) is 0. The summed E-state index contributed by atoms with van der Waals surface area (Å²) in [5, 5.41) is 0. The van der Waals surface area contributed by atoms with Crippen LogP contribution < -0.4 is 9.47 Å². The SMILES string of the molecule is O=C1c2cc(Br)ccc2OCC12C(c1ccccc1)C(c1ccccc1)C21COc2ccc(Br)cc2C1=O. The first-order valence-corrected chi connectivity index (χ1v) is 14.1. The number of halogens is 2. The van der Waals surface area contributed by atoms with Gasteiger partial charge in [0, 0.05) is 20.8 Å². The largest absolute Gasteiger partial charge is 0.492 e. The van der Waals surface area contributed by atoms with Crippen molar-refractivity contribution in [3.8, 4) is 11.5 Å². The number of carbonyl (C=O) groups is 2. The lowest BCUT2D eigenvalue weighted by Crippen LogP contribution is -2.75. The van der Waals surface area contributed by atoms with Gasteiger partial charge in [0.1, 0.15) is 24.7 Å². The summed E-state index contributed by atoms with van der Waals surface area (Å²) in [5.41, 5.74) is 0.695. The van der Waals surface area contributed by atoms with E-state index in [1.165, 1.54) is 0 Å². The van der Waals surface area contributed by atoms with Crippen molar-refractivity contribution in [2.45, 2.75) is 11.8 Å². The minimum atomic E-state index is -1.15. The van der Waals surface area contributed by atoms with Crippen molar-refractivity contribution in [3.63, 3.8) is 0 Å². The first-order chi connectivity index (χ1) is 18.5. The third-order valence-electron chi connectivity index (χ3n) is 8.60. The second kappa shape index (κ2) is 8.65. The number of fused-ring (bicyclic) bond motifs is 3. The van der Waals surface area contributed by atoms with Crippen molar-refractivity contribution in [3.05, 3.63) is 128 Å². The summed E-state index contributed by atoms with van der Waals surface area (Å²) in [6, 6.07) is 31.1. The van der Waals surface area contributed by atoms with Crippen molar-refractivity contribution in [1.29, 1.82) is 0 Å². The number of ketones is 2. The number of Topliss-reactive ketones (excluding diaryl/α,β-unsaturated/α-hetero) is 2. The lowest BCUT2D eigenvalue weighted by molar-refractivity contribution is -0.124. The quantitative estimate of drug-likeness (QED) is 0.229. The zero-order chi connectivity index (χ0) is 26.1. The fourth-order valence-corrected chi connectivity index (χ4v) is 7.76. The molecule has 1 fully saturated rings. The number of hydrogen-bond donors (Lipinski definition) is 0. The molecular weight excluding hydrogens is 608 g/mol. The maximum absolute atomic E-state index is 14.8. The maximum atomic E-state index is 14.8. The van der Waals surface area contributed by atoms with Gasteiger partial charge < -0.3 is 9.47 Å². The van der Waals surface area contributed by atoms with Crippen LogP contribution in [0.3, 0.4) is 0 Å². The van der Waals surface area contributed by atoms with Gasteiger partial charge in [-0.3, -0.25) is 9.59 Å². The Bertz CT molecular complexity index is 1480. The Morgan fingerprint density at radius 3 is 1.37 bits per heavy atom. The Morgan fingerprint density at radius 1 is 0.579 bits per heavy atom. The van der Waals surface area contributed by atoms with Crippen LogP contribution in [0, 0.1) is 10.8 Å². The number of benzene rings is 4. The lowest BCUT2D eigenvalue weighted by Gasteiger charge is -2.68. The van der Waals surface area contributed by atoms with Crippen LogP contribution in [0.1, 0.15) is 43.7 Å². The van der Waals surface area contributed by atoms with Gasteiger partial charge in [-0.25, -0.2) is 0 Å². The first-order valence-electron chi connectivity index (χ1n) is 12.5. The molecule has 1 saturated carbocycles. The van der Waals surface area contributed by atoms with Crippen LogP contribution in [0.2, 0.25) is 0 Å². The highest BCUT2D eigenvalue weighted by atomic mass is 79.9. The van der Waals surface area contributed by atoms with Gasteiger partial charge in [0.2, 0.25) is 0 Å². The predicted octanol–water partition coefficient (Wildman–Crippen LogP) is 7.62. The molecule has 188 valence electrons. The van der Waals surface area contributed by atoms with Gasteiger partial charge in [0.15, 0.2) is 11.6 Å². The molecule has 38 heavy (non-hydrogen) atoms. The van der Waals surface area contributed by atoms with Crippen molar-refractivity contribution >= 4 is 43.4 Å². The number of carbonyl (C=O) groups excluding carboxylic acids is 2. The van der Waals surface area contributed by atoms with Crippen molar-refractivity contribution in [2.24, 2.45) is 10.8 Å². The molecule has 3 aliphatic rings. The molecule has 2 aliphatic heterocycles. The average molecular weight is 630 g/mol. The molecule has 4 aromatic carbocycles. The topological polar surface area (TPSA) is 52.6 Å². The molecule has 6 heteroatoms. The summed E-state index contributed by atoms with van der Waals surface area (Å²) in [6.45, 7) is 0.198. The van der Waals surface area contributed by atoms with Gasteiger partial charge in [-0.15, -0.1) is 0 Å². The van der Waals surface area contributed by atoms with Gasteiger partial charge in [-0.05, 0) is 47.5 Å². The van der Waals surface area contributed by atoms with Crippen LogP contribution in [0.25, 0.3) is 0 Å². The van der Waals surface area contributed by atoms with E-state index in [1.807, 2.05) is 72.8 Å². The Hall–Kier alpha value is -3.22. The second-order valence-corrected chi connectivity index (χ2v) is 12.1. The van der Waals surface area contributed by atoms with Gasteiger partial charge in [0.05, 0.1) is 22.0 Å². The number of rotatable bonds is 2. The van der Waals surface area contributed by atoms with E-state index < -0.39 is 10.8 Å². The molecule has 7 rings (SSSR count). The van der Waals surface area contributed by atoms with E-state index in [9.17, 15) is 9.59 Å². The van der Waals surface area contributed by atoms with Crippen LogP contribution >= 0.6 is 31.9 Å². The van der Waals surface area contributed by atoms with Gasteiger partial charge >= 0.3 is 0 Å². The Labute approximate surface area is 237 Å². The second-order valence-electron chi connectivity index (χ2n) is 10.2. The lowest BCUT2D eigenvalue weighted by atomic mass is 9.32. The zero-order valence-corrected chi connectivity index (χ0v) is 23.4. The molecule has 0 N–H and O–H groups in total. The van der Waals surface area contributed by atoms with Crippen LogP contribution in [-0.2, 0) is 0 Å². The molecule has 4 aromatic rings. The van der Waals surface area contributed by atoms with Crippen LogP contribution in [0.15, 0.2) is 106 Å². The average Bonchev–Trinajstić information content (AvgIpc) is 2.94. The molecule has 4 atom stereocenters. The van der Waals surface area contributed by atoms with E-state index in [0.717, 1.165) is 20.1 Å². The highest BCUT2D eigenvalue weighted by molar-refractivity contribution is 9.10. The van der Waals surface area contributed by atoms with E-state index in [1.54, 1.807) is 0 Å². The molecule has 1 aliphatic carbocycles. The maximum Gasteiger partial charge on any atom is 0.178 e. The van der Waals surface area contributed by atoms with Crippen LogP contribution in [-0.4, -0.2) is 24.8 Å². The molecule has 4 nitrogen and oxygen atoms in total. The first kappa shape index (κ1) is 23.9. The fourth-order valence-electron chi connectivity index (χ4n) is 7.03. The van der Waals surface area contributed by atoms with Crippen molar-refractivity contribution < 1.29 is 19.1 Å². The van der Waals surface area contributed by atoms with E-state index in [2.05, 4.69) is 56.1 Å². The van der Waals surface area contributed by atoms with E-state index in [4.69, 9.17) is 9.47 Å². The van der Waals surface area contributed by atoms with E-state index in [0.29, 0.717) is 22.6 Å². The van der Waals surface area contributed by atoms with Gasteiger partial charge in [-0.2, -0.15) is 0 Å². The predicted molar refractivity (Wildman–Crippen MR) is 151 cm³/mol. The normalized spacial score (nSPS) is 27.2. The molecule has 4 unspecified atom stereocenters. The summed E-state index contributed by atoms with van der Waals surface area (Å²) in [6.07, 6.45) is 0. The number of hydrogen-bond acceptors (Lipinski definition) is 4. The van der Waals surface area contributed by atoms with Gasteiger partial charge in [0.25, 0.3) is 0 Å². The Kier molecular flexibility index (Phi) is 5.43. The van der Waals surface area contributed by atoms with E-state index >= 15 is 0 Å². The summed E-state index contributed by atoms with van der Waals surface area (Å²) in [4.78, 5) is 29.6. The highest BCUT2D eigenvalue weighted by Gasteiger charge is 2.80. The molecular formula is C32H22Br2O4. The molecule has 0 amide bonds. The summed E-state index contributed by atoms with van der Waals surface area (Å²) in [5.74, 6) is 0.370. The van der Waals surface area contributed by atoms with Crippen LogP contribution in [0.5, 0.6) is 11.5 Å². The Balaban J connectivity index is 1.52. The molecule has 2 spiro atoms. The minimum Gasteiger partial charge on any atom is -0.492 e. The number of ether oxygens (including phenoxy) is 2. The summed E-state index contributed by atoms with van der Waals surface area (Å²) < 4.78 is 14.3.